The Morgan fingerprint density at radius 3 is 2.48 bits per heavy atom. The molecule has 7 heteroatoms. The molecule has 0 fully saturated rings. The molecule has 0 aliphatic carbocycles. The van der Waals surface area contributed by atoms with E-state index in [1.165, 1.54) is 5.56 Å². The lowest BCUT2D eigenvalue weighted by molar-refractivity contribution is 0.893. The number of rotatable bonds is 4. The van der Waals surface area contributed by atoms with E-state index in [1.54, 1.807) is 26.9 Å². The molecule has 4 aromatic rings. The molecule has 124 valence electrons. The first-order valence-electron chi connectivity index (χ1n) is 7.61. The molecule has 0 radical (unpaired) electrons. The number of benzene rings is 2. The molecule has 2 aromatic heterocycles. The lowest BCUT2D eigenvalue weighted by Gasteiger charge is -2.06. The van der Waals surface area contributed by atoms with Gasteiger partial charge in [-0.05, 0) is 29.8 Å². The van der Waals surface area contributed by atoms with Crippen LogP contribution in [-0.4, -0.2) is 19.2 Å². The zero-order valence-corrected chi connectivity index (χ0v) is 15.4. The van der Waals surface area contributed by atoms with E-state index in [1.807, 2.05) is 48.7 Å². The molecule has 0 saturated carbocycles. The summed E-state index contributed by atoms with van der Waals surface area (Å²) in [6, 6.07) is 17.7. The van der Waals surface area contributed by atoms with Crippen LogP contribution in [-0.2, 0) is 5.75 Å². The molecule has 0 spiro atoms. The van der Waals surface area contributed by atoms with Crippen molar-refractivity contribution in [2.24, 2.45) is 0 Å². The summed E-state index contributed by atoms with van der Waals surface area (Å²) in [5, 5.41) is 8.97. The zero-order chi connectivity index (χ0) is 17.2. The highest BCUT2D eigenvalue weighted by molar-refractivity contribution is 9.10. The van der Waals surface area contributed by atoms with Gasteiger partial charge in [0.15, 0.2) is 5.16 Å². The predicted molar refractivity (Wildman–Crippen MR) is 102 cm³/mol. The Balaban J connectivity index is 1.67. The predicted octanol–water partition coefficient (Wildman–Crippen LogP) is 3.94. The maximum absolute atomic E-state index is 12.7. The van der Waals surface area contributed by atoms with Crippen LogP contribution in [0.3, 0.4) is 0 Å². The molecule has 4 rings (SSSR count). The van der Waals surface area contributed by atoms with Gasteiger partial charge in [-0.1, -0.05) is 58.0 Å². The van der Waals surface area contributed by atoms with Crippen LogP contribution in [0, 0.1) is 0 Å². The number of thioether (sulfide) groups is 1. The number of aromatic nitrogens is 4. The van der Waals surface area contributed by atoms with Gasteiger partial charge >= 0.3 is 5.56 Å². The van der Waals surface area contributed by atoms with E-state index in [0.717, 1.165) is 15.9 Å². The van der Waals surface area contributed by atoms with Crippen molar-refractivity contribution in [3.8, 4) is 5.69 Å². The molecule has 5 nitrogen and oxygen atoms in total. The maximum atomic E-state index is 12.7. The fourth-order valence-electron chi connectivity index (χ4n) is 2.49. The summed E-state index contributed by atoms with van der Waals surface area (Å²) in [7, 11) is 0. The second-order valence-corrected chi connectivity index (χ2v) is 7.26. The van der Waals surface area contributed by atoms with Crippen LogP contribution in [0.15, 0.2) is 81.4 Å². The molecule has 0 atom stereocenters. The highest BCUT2D eigenvalue weighted by atomic mass is 79.9. The summed E-state index contributed by atoms with van der Waals surface area (Å²) < 4.78 is 4.28. The van der Waals surface area contributed by atoms with Crippen LogP contribution < -0.4 is 5.56 Å². The highest BCUT2D eigenvalue weighted by Gasteiger charge is 2.12. The molecule has 0 bridgehead atoms. The molecule has 0 aliphatic rings. The number of nitrogens with zero attached hydrogens (tertiary/aromatic N) is 4. The molecule has 0 aliphatic heterocycles. The van der Waals surface area contributed by atoms with Crippen LogP contribution in [0.4, 0.5) is 0 Å². The molecule has 0 unspecified atom stereocenters. The highest BCUT2D eigenvalue weighted by Crippen LogP contribution is 2.21. The van der Waals surface area contributed by atoms with Gasteiger partial charge < -0.3 is 0 Å². The lowest BCUT2D eigenvalue weighted by Crippen LogP contribution is -2.20. The van der Waals surface area contributed by atoms with Crippen LogP contribution in [0.5, 0.6) is 0 Å². The summed E-state index contributed by atoms with van der Waals surface area (Å²) in [6.45, 7) is 0. The summed E-state index contributed by atoms with van der Waals surface area (Å²) >= 11 is 4.96. The lowest BCUT2D eigenvalue weighted by atomic mass is 10.2. The third-order valence-electron chi connectivity index (χ3n) is 3.75. The molecule has 0 N–H and O–H groups in total. The van der Waals surface area contributed by atoms with Gasteiger partial charge in [0.05, 0.1) is 0 Å². The van der Waals surface area contributed by atoms with E-state index in [9.17, 15) is 4.79 Å². The van der Waals surface area contributed by atoms with Crippen molar-refractivity contribution in [3.05, 3.63) is 87.4 Å². The monoisotopic (exact) mass is 412 g/mol. The fourth-order valence-corrected chi connectivity index (χ4v) is 3.63. The van der Waals surface area contributed by atoms with Crippen molar-refractivity contribution in [3.63, 3.8) is 0 Å². The van der Waals surface area contributed by atoms with Gasteiger partial charge in [-0.2, -0.15) is 0 Å². The van der Waals surface area contributed by atoms with Crippen molar-refractivity contribution < 1.29 is 0 Å². The van der Waals surface area contributed by atoms with Gasteiger partial charge in [0.2, 0.25) is 5.65 Å². The van der Waals surface area contributed by atoms with E-state index in [4.69, 9.17) is 0 Å². The first-order valence-corrected chi connectivity index (χ1v) is 9.39. The fraction of sp³-hybridized carbons (Fsp3) is 0.0556. The molecule has 0 amide bonds. The first-order chi connectivity index (χ1) is 12.2. The Morgan fingerprint density at radius 1 is 0.960 bits per heavy atom. The van der Waals surface area contributed by atoms with Crippen molar-refractivity contribution in [1.29, 1.82) is 0 Å². The van der Waals surface area contributed by atoms with Crippen molar-refractivity contribution in [1.82, 2.24) is 19.2 Å². The molecule has 25 heavy (non-hydrogen) atoms. The normalized spacial score (nSPS) is 11.1. The number of hydrogen-bond acceptors (Lipinski definition) is 4. The standard InChI is InChI=1S/C18H13BrN4OS/c19-14-6-8-15(9-7-14)22-10-11-23-16(17(22)24)20-21-18(23)25-12-13-4-2-1-3-5-13/h1-11H,12H2. The molecular formula is C18H13BrN4OS. The third kappa shape index (κ3) is 3.25. The average Bonchev–Trinajstić information content (AvgIpc) is 3.06. The smallest absolute Gasteiger partial charge is 0.280 e. The van der Waals surface area contributed by atoms with Crippen LogP contribution in [0.25, 0.3) is 11.3 Å². The largest absolute Gasteiger partial charge is 0.300 e. The molecule has 0 saturated heterocycles. The Morgan fingerprint density at radius 2 is 1.72 bits per heavy atom. The van der Waals surface area contributed by atoms with Gasteiger partial charge in [-0.15, -0.1) is 10.2 Å². The topological polar surface area (TPSA) is 52.2 Å². The summed E-state index contributed by atoms with van der Waals surface area (Å²) in [5.41, 5.74) is 2.12. The first kappa shape index (κ1) is 16.1. The van der Waals surface area contributed by atoms with E-state index >= 15 is 0 Å². The molecule has 2 heterocycles. The van der Waals surface area contributed by atoms with Gasteiger partial charge in [0, 0.05) is 28.3 Å². The van der Waals surface area contributed by atoms with E-state index < -0.39 is 0 Å². The summed E-state index contributed by atoms with van der Waals surface area (Å²) in [6.07, 6.45) is 3.57. The minimum Gasteiger partial charge on any atom is -0.280 e. The average molecular weight is 413 g/mol. The number of halogens is 1. The second kappa shape index (κ2) is 6.85. The van der Waals surface area contributed by atoms with Gasteiger partial charge in [-0.25, -0.2) is 0 Å². The zero-order valence-electron chi connectivity index (χ0n) is 13.0. The number of hydrogen-bond donors (Lipinski definition) is 0. The Kier molecular flexibility index (Phi) is 4.42. The van der Waals surface area contributed by atoms with Crippen molar-refractivity contribution in [2.75, 3.05) is 0 Å². The number of fused-ring (bicyclic) bond motifs is 1. The maximum Gasteiger partial charge on any atom is 0.300 e. The Hall–Kier alpha value is -2.38. The summed E-state index contributed by atoms with van der Waals surface area (Å²) in [5.74, 6) is 0.775. The van der Waals surface area contributed by atoms with E-state index in [0.29, 0.717) is 10.8 Å². The molecule has 2 aromatic carbocycles. The van der Waals surface area contributed by atoms with Crippen LogP contribution in [0.1, 0.15) is 5.56 Å². The summed E-state index contributed by atoms with van der Waals surface area (Å²) in [4.78, 5) is 12.7. The van der Waals surface area contributed by atoms with E-state index in [2.05, 4.69) is 38.3 Å². The minimum atomic E-state index is -0.191. The van der Waals surface area contributed by atoms with Gasteiger partial charge in [-0.3, -0.25) is 13.8 Å². The van der Waals surface area contributed by atoms with Crippen molar-refractivity contribution >= 4 is 33.3 Å². The van der Waals surface area contributed by atoms with Crippen molar-refractivity contribution in [2.45, 2.75) is 10.9 Å². The SMILES string of the molecule is O=c1c2nnc(SCc3ccccc3)n2ccn1-c1ccc(Br)cc1. The van der Waals surface area contributed by atoms with Gasteiger partial charge in [0.25, 0.3) is 0 Å². The van der Waals surface area contributed by atoms with Crippen LogP contribution in [0.2, 0.25) is 0 Å². The van der Waals surface area contributed by atoms with E-state index in [-0.39, 0.29) is 5.56 Å². The van der Waals surface area contributed by atoms with Crippen LogP contribution >= 0.6 is 27.7 Å². The molecular weight excluding hydrogens is 400 g/mol. The Labute approximate surface area is 156 Å². The quantitative estimate of drug-likeness (QED) is 0.476. The second-order valence-electron chi connectivity index (χ2n) is 5.40. The minimum absolute atomic E-state index is 0.191. The third-order valence-corrected chi connectivity index (χ3v) is 5.30. The Bertz CT molecular complexity index is 1070. The van der Waals surface area contributed by atoms with Gasteiger partial charge in [0.1, 0.15) is 0 Å².